The van der Waals surface area contributed by atoms with Crippen molar-refractivity contribution < 1.29 is 22.0 Å². The monoisotopic (exact) mass is 456 g/mol. The van der Waals surface area contributed by atoms with Crippen LogP contribution in [0, 0.1) is 17.6 Å². The lowest BCUT2D eigenvalue weighted by atomic mass is 9.95. The van der Waals surface area contributed by atoms with Crippen molar-refractivity contribution in [3.63, 3.8) is 0 Å². The zero-order valence-electron chi connectivity index (χ0n) is 16.7. The van der Waals surface area contributed by atoms with Gasteiger partial charge in [0.1, 0.15) is 11.6 Å². The van der Waals surface area contributed by atoms with Crippen LogP contribution in [0.25, 0.3) is 0 Å². The molecule has 0 aromatic heterocycles. The Morgan fingerprint density at radius 3 is 2.30 bits per heavy atom. The van der Waals surface area contributed by atoms with E-state index < -0.39 is 15.8 Å². The Morgan fingerprint density at radius 1 is 1.13 bits per heavy atom. The smallest absolute Gasteiger partial charge is 0.243 e. The summed E-state index contributed by atoms with van der Waals surface area (Å²) in [5.74, 6) is -1.40. The Bertz CT molecular complexity index is 1020. The maximum absolute atomic E-state index is 13.4. The summed E-state index contributed by atoms with van der Waals surface area (Å²) in [5.41, 5.74) is 0.820. The Kier molecular flexibility index (Phi) is 6.79. The van der Waals surface area contributed by atoms with E-state index in [2.05, 4.69) is 0 Å². The fourth-order valence-corrected chi connectivity index (χ4v) is 5.31. The molecule has 1 aliphatic heterocycles. The third-order valence-electron chi connectivity index (χ3n) is 5.61. The predicted molar refractivity (Wildman–Crippen MR) is 110 cm³/mol. The lowest BCUT2D eigenvalue weighted by Gasteiger charge is -2.34. The summed E-state index contributed by atoms with van der Waals surface area (Å²) in [5, 5.41) is -0.252. The molecule has 1 atom stereocenters. The van der Waals surface area contributed by atoms with Crippen molar-refractivity contribution in [2.75, 3.05) is 20.1 Å². The number of halogens is 3. The summed E-state index contributed by atoms with van der Waals surface area (Å²) in [6, 6.07) is 9.08. The molecule has 1 unspecified atom stereocenters. The highest BCUT2D eigenvalue weighted by Gasteiger charge is 2.34. The predicted octanol–water partition coefficient (Wildman–Crippen LogP) is 4.24. The van der Waals surface area contributed by atoms with Crippen LogP contribution in [-0.4, -0.2) is 43.7 Å². The van der Waals surface area contributed by atoms with E-state index >= 15 is 0 Å². The van der Waals surface area contributed by atoms with Gasteiger partial charge >= 0.3 is 0 Å². The molecule has 30 heavy (non-hydrogen) atoms. The van der Waals surface area contributed by atoms with Crippen LogP contribution in [0.15, 0.2) is 47.4 Å². The topological polar surface area (TPSA) is 57.7 Å². The number of carbonyl (C=O) groups excluding carboxylic acids is 1. The molecule has 2 aromatic carbocycles. The fourth-order valence-electron chi connectivity index (χ4n) is 3.57. The van der Waals surface area contributed by atoms with Crippen LogP contribution in [0.1, 0.15) is 31.4 Å². The van der Waals surface area contributed by atoms with E-state index in [1.54, 1.807) is 24.1 Å². The van der Waals surface area contributed by atoms with Gasteiger partial charge in [0.25, 0.3) is 0 Å². The Labute approximate surface area is 180 Å². The highest BCUT2D eigenvalue weighted by molar-refractivity contribution is 7.89. The van der Waals surface area contributed by atoms with E-state index in [1.165, 1.54) is 22.5 Å². The molecule has 162 valence electrons. The van der Waals surface area contributed by atoms with Gasteiger partial charge in [0.15, 0.2) is 0 Å². The lowest BCUT2D eigenvalue weighted by Crippen LogP contribution is -2.44. The number of nitrogens with zero attached hydrogens (tertiary/aromatic N) is 2. The summed E-state index contributed by atoms with van der Waals surface area (Å²) in [6.45, 7) is 2.24. The second-order valence-corrected chi connectivity index (χ2v) is 9.78. The third-order valence-corrected chi connectivity index (χ3v) is 7.80. The van der Waals surface area contributed by atoms with E-state index in [-0.39, 0.29) is 46.7 Å². The van der Waals surface area contributed by atoms with Crippen LogP contribution in [-0.2, 0) is 14.8 Å². The van der Waals surface area contributed by atoms with Crippen LogP contribution in [0.3, 0.4) is 0 Å². The van der Waals surface area contributed by atoms with Crippen molar-refractivity contribution in [2.45, 2.75) is 30.7 Å². The standard InChI is InChI=1S/C21H23ClF2N2O3S/c1-14(15-3-5-17(23)6-4-15)25(2)21(27)16-9-11-26(12-10-16)30(28,29)18-7-8-20(24)19(22)13-18/h3-8,13-14,16H,9-12H2,1-2H3. The summed E-state index contributed by atoms with van der Waals surface area (Å²) in [4.78, 5) is 14.5. The molecule has 0 radical (unpaired) electrons. The van der Waals surface area contributed by atoms with E-state index in [0.717, 1.165) is 17.7 Å². The molecule has 0 aliphatic carbocycles. The van der Waals surface area contributed by atoms with Crippen molar-refractivity contribution in [3.8, 4) is 0 Å². The quantitative estimate of drug-likeness (QED) is 0.676. The van der Waals surface area contributed by atoms with Crippen LogP contribution in [0.4, 0.5) is 8.78 Å². The molecular weight excluding hydrogens is 434 g/mol. The van der Waals surface area contributed by atoms with E-state index in [4.69, 9.17) is 11.6 Å². The maximum atomic E-state index is 13.4. The SMILES string of the molecule is CC(c1ccc(F)cc1)N(C)C(=O)C1CCN(S(=O)(=O)c2ccc(F)c(Cl)c2)CC1. The minimum absolute atomic E-state index is 0.0688. The molecule has 0 N–H and O–H groups in total. The molecule has 9 heteroatoms. The molecule has 0 bridgehead atoms. The number of sulfonamides is 1. The first-order valence-corrected chi connectivity index (χ1v) is 11.4. The summed E-state index contributed by atoms with van der Waals surface area (Å²) in [6.07, 6.45) is 0.765. The van der Waals surface area contributed by atoms with E-state index in [1.807, 2.05) is 6.92 Å². The fraction of sp³-hybridized carbons (Fsp3) is 0.381. The Hall–Kier alpha value is -2.03. The van der Waals surface area contributed by atoms with Gasteiger partial charge in [0, 0.05) is 26.1 Å². The average Bonchev–Trinajstić information content (AvgIpc) is 2.74. The first-order chi connectivity index (χ1) is 14.1. The largest absolute Gasteiger partial charge is 0.339 e. The molecule has 1 aliphatic rings. The molecule has 1 heterocycles. The Morgan fingerprint density at radius 2 is 1.73 bits per heavy atom. The molecule has 1 fully saturated rings. The van der Waals surface area contributed by atoms with Gasteiger partial charge in [-0.1, -0.05) is 23.7 Å². The van der Waals surface area contributed by atoms with Gasteiger partial charge in [-0.25, -0.2) is 17.2 Å². The van der Waals surface area contributed by atoms with Crippen LogP contribution in [0.2, 0.25) is 5.02 Å². The van der Waals surface area contributed by atoms with Gasteiger partial charge in [-0.05, 0) is 55.7 Å². The number of rotatable bonds is 5. The zero-order valence-corrected chi connectivity index (χ0v) is 18.3. The highest BCUT2D eigenvalue weighted by atomic mass is 35.5. The van der Waals surface area contributed by atoms with Crippen LogP contribution < -0.4 is 0 Å². The molecular formula is C21H23ClF2N2O3S. The van der Waals surface area contributed by atoms with E-state index in [0.29, 0.717) is 12.8 Å². The van der Waals surface area contributed by atoms with Gasteiger partial charge in [-0.15, -0.1) is 0 Å². The third kappa shape index (κ3) is 4.66. The molecule has 0 spiro atoms. The van der Waals surface area contributed by atoms with Crippen molar-refractivity contribution in [1.29, 1.82) is 0 Å². The molecule has 2 aromatic rings. The summed E-state index contributed by atoms with van der Waals surface area (Å²) >= 11 is 5.72. The Balaban J connectivity index is 1.64. The minimum Gasteiger partial charge on any atom is -0.339 e. The number of piperidine rings is 1. The first kappa shape index (κ1) is 22.7. The normalized spacial score (nSPS) is 17.0. The van der Waals surface area contributed by atoms with Crippen molar-refractivity contribution in [1.82, 2.24) is 9.21 Å². The van der Waals surface area contributed by atoms with E-state index in [9.17, 15) is 22.0 Å². The first-order valence-electron chi connectivity index (χ1n) is 9.58. The van der Waals surface area contributed by atoms with Crippen molar-refractivity contribution in [3.05, 3.63) is 64.7 Å². The number of benzene rings is 2. The number of hydrogen-bond donors (Lipinski definition) is 0. The van der Waals surface area contributed by atoms with Gasteiger partial charge in [-0.3, -0.25) is 4.79 Å². The van der Waals surface area contributed by atoms with Crippen molar-refractivity contribution >= 4 is 27.5 Å². The van der Waals surface area contributed by atoms with Gasteiger partial charge < -0.3 is 4.90 Å². The summed E-state index contributed by atoms with van der Waals surface area (Å²) < 4.78 is 53.4. The zero-order chi connectivity index (χ0) is 22.1. The highest BCUT2D eigenvalue weighted by Crippen LogP contribution is 2.29. The van der Waals surface area contributed by atoms with Crippen LogP contribution >= 0.6 is 11.6 Å². The molecule has 5 nitrogen and oxygen atoms in total. The van der Waals surface area contributed by atoms with Crippen molar-refractivity contribution in [2.24, 2.45) is 5.92 Å². The number of amides is 1. The number of carbonyl (C=O) groups is 1. The second kappa shape index (κ2) is 8.99. The average molecular weight is 457 g/mol. The molecule has 3 rings (SSSR count). The van der Waals surface area contributed by atoms with Gasteiger partial charge in [0.2, 0.25) is 15.9 Å². The maximum Gasteiger partial charge on any atom is 0.243 e. The molecule has 0 saturated carbocycles. The molecule has 1 saturated heterocycles. The number of hydrogen-bond acceptors (Lipinski definition) is 3. The second-order valence-electron chi connectivity index (χ2n) is 7.43. The van der Waals surface area contributed by atoms with Gasteiger partial charge in [0.05, 0.1) is 16.0 Å². The van der Waals surface area contributed by atoms with Crippen LogP contribution in [0.5, 0.6) is 0 Å². The van der Waals surface area contributed by atoms with Gasteiger partial charge in [-0.2, -0.15) is 4.31 Å². The minimum atomic E-state index is -3.81. The molecule has 1 amide bonds. The summed E-state index contributed by atoms with van der Waals surface area (Å²) in [7, 11) is -2.12. The lowest BCUT2D eigenvalue weighted by molar-refractivity contribution is -0.137.